The molecule has 6 nitrogen and oxygen atoms in total. The summed E-state index contributed by atoms with van der Waals surface area (Å²) in [6.45, 7) is 5.86. The highest BCUT2D eigenvalue weighted by Crippen LogP contribution is 2.24. The molecule has 0 spiro atoms. The van der Waals surface area contributed by atoms with Gasteiger partial charge < -0.3 is 10.6 Å². The van der Waals surface area contributed by atoms with Gasteiger partial charge in [0.2, 0.25) is 5.91 Å². The van der Waals surface area contributed by atoms with Gasteiger partial charge in [0, 0.05) is 11.6 Å². The lowest BCUT2D eigenvalue weighted by atomic mass is 9.92. The van der Waals surface area contributed by atoms with Crippen LogP contribution in [0.4, 0.5) is 4.79 Å². The van der Waals surface area contributed by atoms with E-state index in [9.17, 15) is 14.4 Å². The number of carbonyl (C=O) groups is 3. The molecule has 1 atom stereocenters. The number of imide groups is 1. The molecule has 1 aliphatic heterocycles. The van der Waals surface area contributed by atoms with Gasteiger partial charge in [-0.05, 0) is 43.4 Å². The van der Waals surface area contributed by atoms with E-state index in [1.165, 1.54) is 0 Å². The molecule has 0 bridgehead atoms. The van der Waals surface area contributed by atoms with Crippen molar-refractivity contribution in [2.24, 2.45) is 5.92 Å². The van der Waals surface area contributed by atoms with Crippen LogP contribution in [0.2, 0.25) is 5.02 Å². The minimum Gasteiger partial charge on any atom is -0.350 e. The van der Waals surface area contributed by atoms with Crippen LogP contribution in [0.5, 0.6) is 0 Å². The minimum absolute atomic E-state index is 0.282. The van der Waals surface area contributed by atoms with E-state index < -0.39 is 11.6 Å². The lowest BCUT2D eigenvalue weighted by Gasteiger charge is -2.22. The molecule has 1 fully saturated rings. The van der Waals surface area contributed by atoms with Gasteiger partial charge in [-0.1, -0.05) is 37.6 Å². The number of nitrogens with zero attached hydrogens (tertiary/aromatic N) is 1. The van der Waals surface area contributed by atoms with Crippen LogP contribution in [-0.2, 0) is 16.1 Å². The first-order valence-electron chi connectivity index (χ1n) is 8.36. The van der Waals surface area contributed by atoms with Crippen LogP contribution in [0.15, 0.2) is 24.3 Å². The Kier molecular flexibility index (Phi) is 6.06. The zero-order valence-electron chi connectivity index (χ0n) is 14.8. The Bertz CT molecular complexity index is 660. The van der Waals surface area contributed by atoms with Crippen molar-refractivity contribution in [2.75, 3.05) is 6.54 Å². The summed E-state index contributed by atoms with van der Waals surface area (Å²) >= 11 is 5.82. The molecule has 25 heavy (non-hydrogen) atoms. The summed E-state index contributed by atoms with van der Waals surface area (Å²) in [6.07, 6.45) is 1.37. The quantitative estimate of drug-likeness (QED) is 0.729. The molecule has 1 unspecified atom stereocenters. The second-order valence-electron chi connectivity index (χ2n) is 6.99. The molecule has 7 heteroatoms. The summed E-state index contributed by atoms with van der Waals surface area (Å²) in [7, 11) is 0. The van der Waals surface area contributed by atoms with Crippen molar-refractivity contribution >= 4 is 29.4 Å². The molecule has 2 rings (SSSR count). The van der Waals surface area contributed by atoms with E-state index in [2.05, 4.69) is 24.5 Å². The molecular formula is C18H24ClN3O3. The molecule has 4 amide bonds. The maximum absolute atomic E-state index is 12.5. The third-order valence-corrected chi connectivity index (χ3v) is 4.52. The van der Waals surface area contributed by atoms with Crippen LogP contribution in [0.3, 0.4) is 0 Å². The Morgan fingerprint density at radius 2 is 1.92 bits per heavy atom. The van der Waals surface area contributed by atoms with Crippen LogP contribution in [0.1, 0.15) is 39.2 Å². The number of nitrogens with one attached hydrogen (secondary N) is 2. The maximum atomic E-state index is 12.5. The van der Waals surface area contributed by atoms with Gasteiger partial charge in [0.1, 0.15) is 12.1 Å². The summed E-state index contributed by atoms with van der Waals surface area (Å²) in [5.74, 6) is -0.301. The van der Waals surface area contributed by atoms with Gasteiger partial charge in [-0.3, -0.25) is 14.5 Å². The minimum atomic E-state index is -0.933. The van der Waals surface area contributed by atoms with Gasteiger partial charge in [0.05, 0.1) is 0 Å². The predicted molar refractivity (Wildman–Crippen MR) is 96.0 cm³/mol. The topological polar surface area (TPSA) is 78.5 Å². The molecule has 1 aliphatic rings. The summed E-state index contributed by atoms with van der Waals surface area (Å²) in [5, 5.41) is 6.04. The molecule has 0 aromatic heterocycles. The fourth-order valence-electron chi connectivity index (χ4n) is 2.64. The van der Waals surface area contributed by atoms with Crippen molar-refractivity contribution in [1.29, 1.82) is 0 Å². The third kappa shape index (κ3) is 4.95. The van der Waals surface area contributed by atoms with E-state index in [1.807, 2.05) is 0 Å². The molecule has 1 aromatic rings. The number of halogens is 1. The first-order chi connectivity index (χ1) is 11.7. The fraction of sp³-hybridized carbons (Fsp3) is 0.500. The zero-order valence-corrected chi connectivity index (χ0v) is 15.5. The van der Waals surface area contributed by atoms with Gasteiger partial charge in [-0.15, -0.1) is 0 Å². The molecule has 0 aliphatic carbocycles. The Morgan fingerprint density at radius 1 is 1.28 bits per heavy atom. The van der Waals surface area contributed by atoms with Gasteiger partial charge in [-0.25, -0.2) is 4.79 Å². The highest BCUT2D eigenvalue weighted by atomic mass is 35.5. The Hall–Kier alpha value is -2.08. The second-order valence-corrected chi connectivity index (χ2v) is 7.43. The molecule has 1 saturated heterocycles. The van der Waals surface area contributed by atoms with Crippen molar-refractivity contribution in [3.63, 3.8) is 0 Å². The van der Waals surface area contributed by atoms with Crippen molar-refractivity contribution < 1.29 is 14.4 Å². The van der Waals surface area contributed by atoms with Gasteiger partial charge in [0.25, 0.3) is 5.91 Å². The van der Waals surface area contributed by atoms with Crippen LogP contribution in [0.25, 0.3) is 0 Å². The number of carbonyl (C=O) groups excluding carboxylic acids is 3. The first kappa shape index (κ1) is 19.2. The van der Waals surface area contributed by atoms with Crippen molar-refractivity contribution in [1.82, 2.24) is 15.5 Å². The van der Waals surface area contributed by atoms with Gasteiger partial charge in [0.15, 0.2) is 0 Å². The number of benzene rings is 1. The Balaban J connectivity index is 1.90. The number of amides is 4. The molecule has 2 N–H and O–H groups in total. The SMILES string of the molecule is CC(C)CCC1(C)NC(=O)N(CC(=O)NCc2ccc(Cl)cc2)C1=O. The second kappa shape index (κ2) is 7.87. The van der Waals surface area contributed by atoms with Gasteiger partial charge >= 0.3 is 6.03 Å². The van der Waals surface area contributed by atoms with Crippen LogP contribution in [0, 0.1) is 5.92 Å². The van der Waals surface area contributed by atoms with Crippen LogP contribution in [-0.4, -0.2) is 34.8 Å². The molecule has 136 valence electrons. The standard InChI is InChI=1S/C18H24ClN3O3/c1-12(2)8-9-18(3)16(24)22(17(25)21-18)11-15(23)20-10-13-4-6-14(19)7-5-13/h4-7,12H,8-11H2,1-3H3,(H,20,23)(H,21,25). The van der Waals surface area contributed by atoms with E-state index in [0.29, 0.717) is 23.9 Å². The Morgan fingerprint density at radius 3 is 2.52 bits per heavy atom. The number of hydrogen-bond donors (Lipinski definition) is 2. The van der Waals surface area contributed by atoms with E-state index in [1.54, 1.807) is 31.2 Å². The van der Waals surface area contributed by atoms with Crippen molar-refractivity contribution in [3.8, 4) is 0 Å². The maximum Gasteiger partial charge on any atom is 0.325 e. The average Bonchev–Trinajstić information content (AvgIpc) is 2.76. The smallest absolute Gasteiger partial charge is 0.325 e. The normalized spacial score (nSPS) is 20.1. The lowest BCUT2D eigenvalue weighted by Crippen LogP contribution is -2.45. The van der Waals surface area contributed by atoms with Crippen molar-refractivity contribution in [2.45, 2.75) is 45.7 Å². The fourth-order valence-corrected chi connectivity index (χ4v) is 2.77. The van der Waals surface area contributed by atoms with E-state index in [0.717, 1.165) is 16.9 Å². The zero-order chi connectivity index (χ0) is 18.6. The molecule has 1 aromatic carbocycles. The molecule has 1 heterocycles. The number of hydrogen-bond acceptors (Lipinski definition) is 3. The summed E-state index contributed by atoms with van der Waals surface area (Å²) < 4.78 is 0. The average molecular weight is 366 g/mol. The van der Waals surface area contributed by atoms with E-state index >= 15 is 0 Å². The Labute approximate surface area is 152 Å². The number of urea groups is 1. The van der Waals surface area contributed by atoms with Crippen LogP contribution < -0.4 is 10.6 Å². The third-order valence-electron chi connectivity index (χ3n) is 4.27. The van der Waals surface area contributed by atoms with Gasteiger partial charge in [-0.2, -0.15) is 0 Å². The summed E-state index contributed by atoms with van der Waals surface area (Å²) in [5.41, 5.74) is -0.0469. The first-order valence-corrected chi connectivity index (χ1v) is 8.74. The molecular weight excluding hydrogens is 342 g/mol. The summed E-state index contributed by atoms with van der Waals surface area (Å²) in [4.78, 5) is 37.7. The predicted octanol–water partition coefficient (Wildman–Crippen LogP) is 2.70. The van der Waals surface area contributed by atoms with E-state index in [4.69, 9.17) is 11.6 Å². The van der Waals surface area contributed by atoms with E-state index in [-0.39, 0.29) is 18.4 Å². The largest absolute Gasteiger partial charge is 0.350 e. The summed E-state index contributed by atoms with van der Waals surface area (Å²) in [6, 6.07) is 6.57. The van der Waals surface area contributed by atoms with Crippen LogP contribution >= 0.6 is 11.6 Å². The highest BCUT2D eigenvalue weighted by molar-refractivity contribution is 6.30. The van der Waals surface area contributed by atoms with Crippen molar-refractivity contribution in [3.05, 3.63) is 34.9 Å². The monoisotopic (exact) mass is 365 g/mol. The number of rotatable bonds is 7. The molecule has 0 saturated carbocycles. The highest BCUT2D eigenvalue weighted by Gasteiger charge is 2.47. The lowest BCUT2D eigenvalue weighted by molar-refractivity contribution is -0.134. The molecule has 0 radical (unpaired) electrons.